The quantitative estimate of drug-likeness (QED) is 0.766. The van der Waals surface area contributed by atoms with Gasteiger partial charge in [0.25, 0.3) is 0 Å². The van der Waals surface area contributed by atoms with E-state index in [4.69, 9.17) is 5.11 Å². The molecule has 0 saturated carbocycles. The van der Waals surface area contributed by atoms with Gasteiger partial charge in [0.2, 0.25) is 0 Å². The Morgan fingerprint density at radius 2 is 2.15 bits per heavy atom. The van der Waals surface area contributed by atoms with Gasteiger partial charge in [-0.05, 0) is 24.6 Å². The first-order valence-electron chi connectivity index (χ1n) is 4.16. The summed E-state index contributed by atoms with van der Waals surface area (Å²) < 4.78 is 25.6. The van der Waals surface area contributed by atoms with Crippen LogP contribution in [-0.2, 0) is 6.42 Å². The van der Waals surface area contributed by atoms with E-state index < -0.39 is 12.3 Å². The van der Waals surface area contributed by atoms with Crippen LogP contribution in [0.1, 0.15) is 12.5 Å². The van der Waals surface area contributed by atoms with E-state index in [2.05, 4.69) is 0 Å². The third-order valence-corrected chi connectivity index (χ3v) is 1.84. The standard InChI is InChI=1S/C10H12F2O/c1-7(13)10(12)6-8-3-2-4-9(11)5-8/h2-5,7,10,13H,6H2,1H3. The predicted molar refractivity (Wildman–Crippen MR) is 46.7 cm³/mol. The summed E-state index contributed by atoms with van der Waals surface area (Å²) in [4.78, 5) is 0. The fraction of sp³-hybridized carbons (Fsp3) is 0.400. The van der Waals surface area contributed by atoms with Crippen LogP contribution in [0.25, 0.3) is 0 Å². The second-order valence-corrected chi connectivity index (χ2v) is 3.09. The van der Waals surface area contributed by atoms with Crippen molar-refractivity contribution in [2.24, 2.45) is 0 Å². The summed E-state index contributed by atoms with van der Waals surface area (Å²) >= 11 is 0. The molecule has 2 atom stereocenters. The Balaban J connectivity index is 2.64. The number of rotatable bonds is 3. The average Bonchev–Trinajstić information content (AvgIpc) is 2.04. The van der Waals surface area contributed by atoms with E-state index in [-0.39, 0.29) is 12.2 Å². The van der Waals surface area contributed by atoms with Gasteiger partial charge in [-0.3, -0.25) is 0 Å². The molecule has 3 heteroatoms. The molecule has 0 radical (unpaired) electrons. The van der Waals surface area contributed by atoms with Gasteiger partial charge in [-0.1, -0.05) is 12.1 Å². The van der Waals surface area contributed by atoms with Crippen LogP contribution in [0.5, 0.6) is 0 Å². The molecule has 0 aliphatic carbocycles. The normalized spacial score (nSPS) is 15.4. The summed E-state index contributed by atoms with van der Waals surface area (Å²) in [7, 11) is 0. The van der Waals surface area contributed by atoms with Gasteiger partial charge >= 0.3 is 0 Å². The lowest BCUT2D eigenvalue weighted by Crippen LogP contribution is -2.20. The maximum absolute atomic E-state index is 13.0. The van der Waals surface area contributed by atoms with Gasteiger partial charge in [0.05, 0.1) is 6.10 Å². The van der Waals surface area contributed by atoms with Gasteiger partial charge in [-0.15, -0.1) is 0 Å². The van der Waals surface area contributed by atoms with E-state index in [0.29, 0.717) is 5.56 Å². The molecule has 0 aliphatic rings. The Morgan fingerprint density at radius 1 is 1.46 bits per heavy atom. The molecule has 72 valence electrons. The number of aliphatic hydroxyl groups is 1. The smallest absolute Gasteiger partial charge is 0.130 e. The van der Waals surface area contributed by atoms with Gasteiger partial charge in [0.15, 0.2) is 0 Å². The average molecular weight is 186 g/mol. The lowest BCUT2D eigenvalue weighted by molar-refractivity contribution is 0.0932. The highest BCUT2D eigenvalue weighted by atomic mass is 19.1. The molecule has 1 aromatic carbocycles. The fourth-order valence-electron chi connectivity index (χ4n) is 1.06. The highest BCUT2D eigenvalue weighted by Gasteiger charge is 2.13. The number of alkyl halides is 1. The molecule has 2 unspecified atom stereocenters. The molecule has 0 heterocycles. The molecule has 0 aromatic heterocycles. The van der Waals surface area contributed by atoms with Gasteiger partial charge in [-0.25, -0.2) is 8.78 Å². The van der Waals surface area contributed by atoms with Crippen LogP contribution in [0.3, 0.4) is 0 Å². The zero-order valence-electron chi connectivity index (χ0n) is 7.37. The molecule has 0 spiro atoms. The largest absolute Gasteiger partial charge is 0.390 e. The van der Waals surface area contributed by atoms with Crippen LogP contribution in [-0.4, -0.2) is 17.4 Å². The van der Waals surface area contributed by atoms with Crippen molar-refractivity contribution in [3.8, 4) is 0 Å². The second-order valence-electron chi connectivity index (χ2n) is 3.09. The Morgan fingerprint density at radius 3 is 2.69 bits per heavy atom. The molecular weight excluding hydrogens is 174 g/mol. The SMILES string of the molecule is CC(O)C(F)Cc1cccc(F)c1. The Hall–Kier alpha value is -0.960. The topological polar surface area (TPSA) is 20.2 Å². The van der Waals surface area contributed by atoms with Crippen molar-refractivity contribution in [3.05, 3.63) is 35.6 Å². The van der Waals surface area contributed by atoms with E-state index in [9.17, 15) is 8.78 Å². The Bertz CT molecular complexity index is 273. The van der Waals surface area contributed by atoms with E-state index in [1.54, 1.807) is 6.07 Å². The Kier molecular flexibility index (Phi) is 3.37. The summed E-state index contributed by atoms with van der Waals surface area (Å²) in [5, 5.41) is 8.88. The molecule has 0 saturated heterocycles. The van der Waals surface area contributed by atoms with Crippen LogP contribution in [0.4, 0.5) is 8.78 Å². The van der Waals surface area contributed by atoms with E-state index in [1.165, 1.54) is 25.1 Å². The molecule has 0 amide bonds. The summed E-state index contributed by atoms with van der Waals surface area (Å²) in [5.41, 5.74) is 0.563. The zero-order chi connectivity index (χ0) is 9.84. The van der Waals surface area contributed by atoms with Crippen molar-refractivity contribution < 1.29 is 13.9 Å². The number of hydrogen-bond donors (Lipinski definition) is 1. The predicted octanol–water partition coefficient (Wildman–Crippen LogP) is 2.09. The maximum atomic E-state index is 13.0. The van der Waals surface area contributed by atoms with E-state index >= 15 is 0 Å². The van der Waals surface area contributed by atoms with Crippen molar-refractivity contribution >= 4 is 0 Å². The minimum Gasteiger partial charge on any atom is -0.390 e. The third-order valence-electron chi connectivity index (χ3n) is 1.84. The van der Waals surface area contributed by atoms with Crippen LogP contribution in [0.15, 0.2) is 24.3 Å². The van der Waals surface area contributed by atoms with Gasteiger partial charge in [-0.2, -0.15) is 0 Å². The molecule has 1 nitrogen and oxygen atoms in total. The van der Waals surface area contributed by atoms with Crippen LogP contribution < -0.4 is 0 Å². The second kappa shape index (κ2) is 4.33. The van der Waals surface area contributed by atoms with Gasteiger partial charge in [0.1, 0.15) is 12.0 Å². The van der Waals surface area contributed by atoms with Gasteiger partial charge in [0, 0.05) is 6.42 Å². The third kappa shape index (κ3) is 3.11. The number of benzene rings is 1. The summed E-state index contributed by atoms with van der Waals surface area (Å²) in [6.07, 6.45) is -2.29. The first-order valence-corrected chi connectivity index (χ1v) is 4.16. The van der Waals surface area contributed by atoms with Crippen molar-refractivity contribution in [2.75, 3.05) is 0 Å². The van der Waals surface area contributed by atoms with Crippen molar-refractivity contribution in [1.82, 2.24) is 0 Å². The number of hydrogen-bond acceptors (Lipinski definition) is 1. The van der Waals surface area contributed by atoms with E-state index in [0.717, 1.165) is 0 Å². The maximum Gasteiger partial charge on any atom is 0.130 e. The molecular formula is C10H12F2O. The molecule has 0 fully saturated rings. The zero-order valence-corrected chi connectivity index (χ0v) is 7.37. The molecule has 1 aromatic rings. The minimum atomic E-state index is -1.33. The molecule has 1 N–H and O–H groups in total. The number of halogens is 2. The summed E-state index contributed by atoms with van der Waals surface area (Å²) in [6.45, 7) is 1.38. The fourth-order valence-corrected chi connectivity index (χ4v) is 1.06. The molecule has 0 bridgehead atoms. The molecule has 13 heavy (non-hydrogen) atoms. The summed E-state index contributed by atoms with van der Waals surface area (Å²) in [5.74, 6) is -0.379. The highest BCUT2D eigenvalue weighted by molar-refractivity contribution is 5.17. The van der Waals surface area contributed by atoms with Crippen molar-refractivity contribution in [1.29, 1.82) is 0 Å². The number of aliphatic hydroxyl groups excluding tert-OH is 1. The Labute approximate surface area is 76.0 Å². The lowest BCUT2D eigenvalue weighted by Gasteiger charge is -2.10. The van der Waals surface area contributed by atoms with Crippen LogP contribution >= 0.6 is 0 Å². The van der Waals surface area contributed by atoms with E-state index in [1.807, 2.05) is 0 Å². The molecule has 1 rings (SSSR count). The van der Waals surface area contributed by atoms with Crippen molar-refractivity contribution in [3.63, 3.8) is 0 Å². The first kappa shape index (κ1) is 10.1. The monoisotopic (exact) mass is 186 g/mol. The van der Waals surface area contributed by atoms with Crippen molar-refractivity contribution in [2.45, 2.75) is 25.6 Å². The summed E-state index contributed by atoms with van der Waals surface area (Å²) in [6, 6.07) is 5.74. The minimum absolute atomic E-state index is 0.0510. The van der Waals surface area contributed by atoms with Gasteiger partial charge < -0.3 is 5.11 Å². The van der Waals surface area contributed by atoms with Crippen LogP contribution in [0, 0.1) is 5.82 Å². The van der Waals surface area contributed by atoms with Crippen LogP contribution in [0.2, 0.25) is 0 Å². The molecule has 0 aliphatic heterocycles. The lowest BCUT2D eigenvalue weighted by atomic mass is 10.1. The highest BCUT2D eigenvalue weighted by Crippen LogP contribution is 2.10. The first-order chi connectivity index (χ1) is 6.09.